The zero-order valence-electron chi connectivity index (χ0n) is 18.7. The zero-order valence-corrected chi connectivity index (χ0v) is 18.7. The Morgan fingerprint density at radius 3 is 2.47 bits per heavy atom. The third kappa shape index (κ3) is 4.06. The SMILES string of the molecule is Cc1ccc(-n2[nH]c(C)c(N=[N+]([O-])c3cccc(-c4cccc(C(=O)O)c4)c3O)c2=O)cc1C. The minimum Gasteiger partial charge on any atom is -0.594 e. The number of aromatic nitrogens is 2. The van der Waals surface area contributed by atoms with E-state index in [0.29, 0.717) is 16.9 Å². The number of carboxylic acids is 1. The second kappa shape index (κ2) is 8.70. The number of rotatable bonds is 5. The summed E-state index contributed by atoms with van der Waals surface area (Å²) in [5.41, 5.74) is 3.02. The van der Waals surface area contributed by atoms with E-state index in [-0.39, 0.29) is 33.1 Å². The molecule has 0 aliphatic carbocycles. The highest BCUT2D eigenvalue weighted by molar-refractivity contribution is 5.90. The van der Waals surface area contributed by atoms with Crippen LogP contribution in [0.4, 0.5) is 11.4 Å². The van der Waals surface area contributed by atoms with Gasteiger partial charge in [0, 0.05) is 16.7 Å². The molecule has 4 aromatic rings. The van der Waals surface area contributed by atoms with Crippen molar-refractivity contribution in [2.75, 3.05) is 0 Å². The fourth-order valence-corrected chi connectivity index (χ4v) is 3.59. The molecule has 1 aromatic heterocycles. The van der Waals surface area contributed by atoms with Crippen LogP contribution in [0.25, 0.3) is 16.8 Å². The van der Waals surface area contributed by atoms with Crippen LogP contribution in [0.2, 0.25) is 0 Å². The van der Waals surface area contributed by atoms with Crippen molar-refractivity contribution >= 4 is 17.3 Å². The maximum Gasteiger partial charge on any atom is 0.335 e. The van der Waals surface area contributed by atoms with E-state index < -0.39 is 11.5 Å². The molecule has 34 heavy (non-hydrogen) atoms. The smallest absolute Gasteiger partial charge is 0.335 e. The molecule has 0 atom stereocenters. The first-order valence-electron chi connectivity index (χ1n) is 10.4. The first-order valence-corrected chi connectivity index (χ1v) is 10.4. The Labute approximate surface area is 194 Å². The van der Waals surface area contributed by atoms with Gasteiger partial charge in [0.05, 0.1) is 16.9 Å². The van der Waals surface area contributed by atoms with Crippen molar-refractivity contribution in [2.24, 2.45) is 5.11 Å². The quantitative estimate of drug-likeness (QED) is 0.218. The van der Waals surface area contributed by atoms with Gasteiger partial charge in [-0.15, -0.1) is 0 Å². The number of hydrogen-bond acceptors (Lipinski definition) is 5. The van der Waals surface area contributed by atoms with E-state index in [4.69, 9.17) is 0 Å². The molecule has 4 rings (SSSR count). The molecular formula is C25H22N4O5. The molecule has 1 heterocycles. The van der Waals surface area contributed by atoms with Crippen molar-refractivity contribution in [3.05, 3.63) is 98.6 Å². The highest BCUT2D eigenvalue weighted by Gasteiger charge is 2.20. The average molecular weight is 458 g/mol. The van der Waals surface area contributed by atoms with Crippen molar-refractivity contribution in [3.63, 3.8) is 0 Å². The number of aryl methyl sites for hydroxylation is 3. The molecule has 3 N–H and O–H groups in total. The van der Waals surface area contributed by atoms with Gasteiger partial charge >= 0.3 is 11.5 Å². The summed E-state index contributed by atoms with van der Waals surface area (Å²) in [6, 6.07) is 16.0. The second-order valence-corrected chi connectivity index (χ2v) is 7.93. The Morgan fingerprint density at radius 2 is 1.76 bits per heavy atom. The van der Waals surface area contributed by atoms with Crippen LogP contribution in [0.5, 0.6) is 5.75 Å². The highest BCUT2D eigenvalue weighted by atomic mass is 16.5. The lowest BCUT2D eigenvalue weighted by Crippen LogP contribution is -2.14. The van der Waals surface area contributed by atoms with Crippen molar-refractivity contribution < 1.29 is 19.9 Å². The summed E-state index contributed by atoms with van der Waals surface area (Å²) in [6.07, 6.45) is 0. The molecule has 0 bridgehead atoms. The third-order valence-corrected chi connectivity index (χ3v) is 5.62. The van der Waals surface area contributed by atoms with E-state index in [0.717, 1.165) is 11.1 Å². The molecule has 0 aliphatic rings. The van der Waals surface area contributed by atoms with Crippen molar-refractivity contribution in [3.8, 4) is 22.6 Å². The molecule has 9 nitrogen and oxygen atoms in total. The Bertz CT molecular complexity index is 1510. The van der Waals surface area contributed by atoms with Gasteiger partial charge < -0.3 is 15.4 Å². The fourth-order valence-electron chi connectivity index (χ4n) is 3.59. The maximum absolute atomic E-state index is 13.0. The summed E-state index contributed by atoms with van der Waals surface area (Å²) < 4.78 is 1.31. The van der Waals surface area contributed by atoms with E-state index in [2.05, 4.69) is 10.2 Å². The summed E-state index contributed by atoms with van der Waals surface area (Å²) in [4.78, 5) is 24.4. The number of aromatic carboxylic acids is 1. The van der Waals surface area contributed by atoms with Gasteiger partial charge in [0.25, 0.3) is 5.69 Å². The van der Waals surface area contributed by atoms with Gasteiger partial charge in [0.15, 0.2) is 5.75 Å². The number of carboxylic acid groups (broad SMARTS) is 1. The molecule has 0 aliphatic heterocycles. The Kier molecular flexibility index (Phi) is 5.77. The standard InChI is InChI=1S/C25H22N4O5/c1-14-10-11-19(12-15(14)2)28-24(31)22(16(3)26-28)27-29(34)21-9-5-8-20(23(21)30)17-6-4-7-18(13-17)25(32)33/h4-13,26,30H,1-3H3,(H,32,33). The average Bonchev–Trinajstić information content (AvgIpc) is 3.09. The number of nitrogens with one attached hydrogen (secondary N) is 1. The van der Waals surface area contributed by atoms with Gasteiger partial charge in [0.2, 0.25) is 5.69 Å². The number of phenolic OH excluding ortho intramolecular Hbond substituents is 1. The Balaban J connectivity index is 1.77. The molecule has 0 unspecified atom stereocenters. The summed E-state index contributed by atoms with van der Waals surface area (Å²) in [5.74, 6) is -1.49. The number of hydrogen-bond donors (Lipinski definition) is 3. The minimum atomic E-state index is -1.11. The van der Waals surface area contributed by atoms with Crippen LogP contribution >= 0.6 is 0 Å². The summed E-state index contributed by atoms with van der Waals surface area (Å²) >= 11 is 0. The van der Waals surface area contributed by atoms with Crippen molar-refractivity contribution in [2.45, 2.75) is 20.8 Å². The van der Waals surface area contributed by atoms with E-state index >= 15 is 0 Å². The predicted octanol–water partition coefficient (Wildman–Crippen LogP) is 5.09. The number of nitrogens with zero attached hydrogens (tertiary/aromatic N) is 3. The van der Waals surface area contributed by atoms with Crippen LogP contribution in [0.3, 0.4) is 0 Å². The topological polar surface area (TPSA) is 134 Å². The maximum atomic E-state index is 13.0. The molecule has 0 fully saturated rings. The lowest BCUT2D eigenvalue weighted by Gasteiger charge is -2.08. The van der Waals surface area contributed by atoms with Gasteiger partial charge in [-0.3, -0.25) is 9.89 Å². The number of azo groups is 1. The first kappa shape index (κ1) is 22.5. The first-order chi connectivity index (χ1) is 16.2. The molecule has 9 heteroatoms. The second-order valence-electron chi connectivity index (χ2n) is 7.93. The molecular weight excluding hydrogens is 436 g/mol. The minimum absolute atomic E-state index is 0.0424. The predicted molar refractivity (Wildman–Crippen MR) is 126 cm³/mol. The van der Waals surface area contributed by atoms with Crippen LogP contribution in [0.1, 0.15) is 27.2 Å². The number of aromatic hydroxyl groups is 1. The van der Waals surface area contributed by atoms with Gasteiger partial charge in [-0.2, -0.15) is 0 Å². The van der Waals surface area contributed by atoms with Crippen LogP contribution in [0, 0.1) is 26.0 Å². The highest BCUT2D eigenvalue weighted by Crippen LogP contribution is 2.37. The normalized spacial score (nSPS) is 11.6. The van der Waals surface area contributed by atoms with Crippen LogP contribution in [0.15, 0.2) is 70.6 Å². The molecule has 0 spiro atoms. The van der Waals surface area contributed by atoms with Crippen LogP contribution in [-0.4, -0.2) is 30.8 Å². The fraction of sp³-hybridized carbons (Fsp3) is 0.120. The lowest BCUT2D eigenvalue weighted by molar-refractivity contribution is -0.436. The van der Waals surface area contributed by atoms with Crippen molar-refractivity contribution in [1.82, 2.24) is 9.78 Å². The van der Waals surface area contributed by atoms with E-state index in [1.165, 1.54) is 28.9 Å². The molecule has 172 valence electrons. The number of benzene rings is 3. The van der Waals surface area contributed by atoms with Crippen molar-refractivity contribution in [1.29, 1.82) is 0 Å². The van der Waals surface area contributed by atoms with Gasteiger partial charge in [-0.1, -0.05) is 30.3 Å². The molecule has 0 radical (unpaired) electrons. The number of aromatic amines is 1. The number of H-pyrrole nitrogens is 1. The molecule has 3 aromatic carbocycles. The number of phenols is 1. The summed E-state index contributed by atoms with van der Waals surface area (Å²) in [6.45, 7) is 5.53. The number of para-hydroxylation sites is 1. The van der Waals surface area contributed by atoms with Gasteiger partial charge in [-0.05, 0) is 66.6 Å². The largest absolute Gasteiger partial charge is 0.594 e. The number of carbonyl (C=O) groups is 1. The lowest BCUT2D eigenvalue weighted by atomic mass is 10.0. The Morgan fingerprint density at radius 1 is 1.03 bits per heavy atom. The van der Waals surface area contributed by atoms with Gasteiger partial charge in [-0.25, -0.2) is 9.48 Å². The Hall–Kier alpha value is -4.66. The van der Waals surface area contributed by atoms with E-state index in [1.54, 1.807) is 31.2 Å². The monoisotopic (exact) mass is 458 g/mol. The summed E-state index contributed by atoms with van der Waals surface area (Å²) in [7, 11) is 0. The van der Waals surface area contributed by atoms with Crippen LogP contribution < -0.4 is 5.56 Å². The zero-order chi connectivity index (χ0) is 24.6. The molecule has 0 saturated heterocycles. The van der Waals surface area contributed by atoms with Gasteiger partial charge in [0.1, 0.15) is 0 Å². The van der Waals surface area contributed by atoms with E-state index in [9.17, 15) is 25.0 Å². The summed E-state index contributed by atoms with van der Waals surface area (Å²) in [5, 5.41) is 39.7. The third-order valence-electron chi connectivity index (χ3n) is 5.62. The molecule has 0 saturated carbocycles. The molecule has 0 amide bonds. The van der Waals surface area contributed by atoms with Crippen LogP contribution in [-0.2, 0) is 0 Å². The van der Waals surface area contributed by atoms with E-state index in [1.807, 2.05) is 26.0 Å².